The predicted octanol–water partition coefficient (Wildman–Crippen LogP) is 1.66. The summed E-state index contributed by atoms with van der Waals surface area (Å²) in [4.78, 5) is 8.47. The molecule has 14 heavy (non-hydrogen) atoms. The van der Waals surface area contributed by atoms with Crippen LogP contribution in [0.1, 0.15) is 31.2 Å². The van der Waals surface area contributed by atoms with Crippen LogP contribution in [0.3, 0.4) is 0 Å². The lowest BCUT2D eigenvalue weighted by Gasteiger charge is -2.16. The molecule has 1 heterocycles. The maximum atomic E-state index is 11.3. The third kappa shape index (κ3) is 2.61. The van der Waals surface area contributed by atoms with Crippen molar-refractivity contribution in [3.63, 3.8) is 0 Å². The molecule has 0 spiro atoms. The average Bonchev–Trinajstić information content (AvgIpc) is 2.16. The summed E-state index contributed by atoms with van der Waals surface area (Å²) in [6.07, 6.45) is 5.24. The number of hydrogen-bond donors (Lipinski definition) is 0. The van der Waals surface area contributed by atoms with Crippen molar-refractivity contribution in [3.05, 3.63) is 23.8 Å². The molecule has 3 unspecified atom stereocenters. The van der Waals surface area contributed by atoms with Crippen LogP contribution in [0.15, 0.2) is 12.4 Å². The van der Waals surface area contributed by atoms with Gasteiger partial charge < -0.3 is 0 Å². The quantitative estimate of drug-likeness (QED) is 0.765. The van der Waals surface area contributed by atoms with Crippen molar-refractivity contribution >= 4 is 10.8 Å². The van der Waals surface area contributed by atoms with E-state index in [2.05, 4.69) is 9.97 Å². The summed E-state index contributed by atoms with van der Waals surface area (Å²) in [5.41, 5.74) is 1.82. The Morgan fingerprint density at radius 2 is 1.93 bits per heavy atom. The molecule has 0 radical (unpaired) electrons. The lowest BCUT2D eigenvalue weighted by Crippen LogP contribution is -2.18. The minimum atomic E-state index is -0.814. The van der Waals surface area contributed by atoms with Crippen molar-refractivity contribution in [2.45, 2.75) is 31.9 Å². The van der Waals surface area contributed by atoms with E-state index in [0.717, 1.165) is 11.4 Å². The second kappa shape index (κ2) is 4.64. The highest BCUT2D eigenvalue weighted by Gasteiger charge is 2.18. The Kier molecular flexibility index (Phi) is 3.75. The van der Waals surface area contributed by atoms with Crippen LogP contribution in [0.4, 0.5) is 0 Å². The number of aryl methyl sites for hydroxylation is 1. The summed E-state index contributed by atoms with van der Waals surface area (Å²) in [6, 6.07) is 0. The van der Waals surface area contributed by atoms with Crippen molar-refractivity contribution < 1.29 is 4.21 Å². The second-order valence-corrected chi connectivity index (χ2v) is 5.32. The first kappa shape index (κ1) is 11.3. The van der Waals surface area contributed by atoms with Gasteiger partial charge in [-0.15, -0.1) is 0 Å². The number of aromatic nitrogens is 2. The van der Waals surface area contributed by atoms with Gasteiger partial charge in [0, 0.05) is 40.6 Å². The molecule has 0 aliphatic heterocycles. The van der Waals surface area contributed by atoms with E-state index in [-0.39, 0.29) is 11.2 Å². The lowest BCUT2D eigenvalue weighted by atomic mass is 10.1. The molecule has 0 saturated carbocycles. The molecular weight excluding hydrogens is 196 g/mol. The molecule has 78 valence electrons. The van der Waals surface area contributed by atoms with Gasteiger partial charge >= 0.3 is 0 Å². The third-order valence-electron chi connectivity index (χ3n) is 2.50. The van der Waals surface area contributed by atoms with E-state index in [1.807, 2.05) is 20.8 Å². The van der Waals surface area contributed by atoms with Crippen molar-refractivity contribution in [3.8, 4) is 0 Å². The molecule has 1 aromatic heterocycles. The van der Waals surface area contributed by atoms with Crippen molar-refractivity contribution in [1.82, 2.24) is 9.97 Å². The number of nitrogens with zero attached hydrogens (tertiary/aromatic N) is 2. The zero-order valence-corrected chi connectivity index (χ0v) is 9.84. The van der Waals surface area contributed by atoms with E-state index >= 15 is 0 Å². The van der Waals surface area contributed by atoms with Crippen LogP contribution in [-0.4, -0.2) is 25.7 Å². The Morgan fingerprint density at radius 1 is 1.29 bits per heavy atom. The highest BCUT2D eigenvalue weighted by molar-refractivity contribution is 7.84. The minimum absolute atomic E-state index is 0.118. The SMILES string of the molecule is Cc1cnc(C(C)C(C)S(C)=O)cn1. The van der Waals surface area contributed by atoms with Gasteiger partial charge in [-0.3, -0.25) is 14.2 Å². The lowest BCUT2D eigenvalue weighted by molar-refractivity contribution is 0.649. The van der Waals surface area contributed by atoms with E-state index in [4.69, 9.17) is 0 Å². The van der Waals surface area contributed by atoms with E-state index in [1.54, 1.807) is 18.6 Å². The van der Waals surface area contributed by atoms with Crippen LogP contribution < -0.4 is 0 Å². The molecule has 0 bridgehead atoms. The normalized spacial score (nSPS) is 17.4. The Hall–Kier alpha value is -0.770. The fourth-order valence-corrected chi connectivity index (χ4v) is 1.88. The molecule has 3 atom stereocenters. The Bertz CT molecular complexity index is 323. The van der Waals surface area contributed by atoms with Gasteiger partial charge in [0.25, 0.3) is 0 Å². The molecular formula is C10H16N2OS. The standard InChI is InChI=1S/C10H16N2OS/c1-7-5-12-10(6-11-7)8(2)9(3)14(4)13/h5-6,8-9H,1-4H3. The maximum absolute atomic E-state index is 11.3. The molecule has 1 rings (SSSR count). The topological polar surface area (TPSA) is 42.9 Å². The van der Waals surface area contributed by atoms with Gasteiger partial charge in [-0.1, -0.05) is 13.8 Å². The van der Waals surface area contributed by atoms with E-state index in [9.17, 15) is 4.21 Å². The van der Waals surface area contributed by atoms with Crippen molar-refractivity contribution in [2.24, 2.45) is 0 Å². The molecule has 0 saturated heterocycles. The summed E-state index contributed by atoms with van der Waals surface area (Å²) >= 11 is 0. The Morgan fingerprint density at radius 3 is 2.36 bits per heavy atom. The molecule has 3 nitrogen and oxygen atoms in total. The zero-order chi connectivity index (χ0) is 10.7. The Labute approximate surface area is 87.4 Å². The van der Waals surface area contributed by atoms with Gasteiger partial charge in [-0.05, 0) is 6.92 Å². The van der Waals surface area contributed by atoms with E-state index in [0.29, 0.717) is 0 Å². The smallest absolute Gasteiger partial charge is 0.0626 e. The number of rotatable bonds is 3. The van der Waals surface area contributed by atoms with Crippen LogP contribution in [0, 0.1) is 6.92 Å². The summed E-state index contributed by atoms with van der Waals surface area (Å²) in [7, 11) is -0.814. The molecule has 0 aromatic carbocycles. The van der Waals surface area contributed by atoms with Crippen molar-refractivity contribution in [2.75, 3.05) is 6.26 Å². The first-order chi connectivity index (χ1) is 6.52. The highest BCUT2D eigenvalue weighted by atomic mass is 32.2. The first-order valence-corrected chi connectivity index (χ1v) is 6.25. The maximum Gasteiger partial charge on any atom is 0.0626 e. The molecule has 0 N–H and O–H groups in total. The zero-order valence-electron chi connectivity index (χ0n) is 9.02. The van der Waals surface area contributed by atoms with Gasteiger partial charge in [0.05, 0.1) is 11.4 Å². The van der Waals surface area contributed by atoms with Crippen LogP contribution in [0.5, 0.6) is 0 Å². The second-order valence-electron chi connectivity index (χ2n) is 3.58. The van der Waals surface area contributed by atoms with E-state index < -0.39 is 10.8 Å². The largest absolute Gasteiger partial charge is 0.260 e. The fraction of sp³-hybridized carbons (Fsp3) is 0.600. The van der Waals surface area contributed by atoms with Gasteiger partial charge in [0.1, 0.15) is 0 Å². The molecule has 0 amide bonds. The predicted molar refractivity (Wildman–Crippen MR) is 58.7 cm³/mol. The monoisotopic (exact) mass is 212 g/mol. The molecule has 0 aliphatic carbocycles. The minimum Gasteiger partial charge on any atom is -0.260 e. The summed E-state index contributed by atoms with van der Waals surface area (Å²) < 4.78 is 11.3. The van der Waals surface area contributed by atoms with Gasteiger partial charge in [-0.25, -0.2) is 0 Å². The van der Waals surface area contributed by atoms with Gasteiger partial charge in [0.2, 0.25) is 0 Å². The van der Waals surface area contributed by atoms with Crippen LogP contribution >= 0.6 is 0 Å². The Balaban J connectivity index is 2.84. The van der Waals surface area contributed by atoms with Gasteiger partial charge in [0.15, 0.2) is 0 Å². The fourth-order valence-electron chi connectivity index (χ4n) is 1.17. The third-order valence-corrected chi connectivity index (χ3v) is 3.95. The molecule has 0 fully saturated rings. The molecule has 4 heteroatoms. The van der Waals surface area contributed by atoms with E-state index in [1.165, 1.54) is 0 Å². The summed E-state index contributed by atoms with van der Waals surface area (Å²) in [5, 5.41) is 0.118. The van der Waals surface area contributed by atoms with Gasteiger partial charge in [-0.2, -0.15) is 0 Å². The van der Waals surface area contributed by atoms with Crippen LogP contribution in [0.2, 0.25) is 0 Å². The first-order valence-electron chi connectivity index (χ1n) is 4.63. The highest BCUT2D eigenvalue weighted by Crippen LogP contribution is 2.19. The molecule has 1 aromatic rings. The number of hydrogen-bond acceptors (Lipinski definition) is 3. The average molecular weight is 212 g/mol. The molecule has 0 aliphatic rings. The summed E-state index contributed by atoms with van der Waals surface area (Å²) in [5.74, 6) is 0.189. The van der Waals surface area contributed by atoms with Crippen LogP contribution in [0.25, 0.3) is 0 Å². The van der Waals surface area contributed by atoms with Crippen LogP contribution in [-0.2, 0) is 10.8 Å². The summed E-state index contributed by atoms with van der Waals surface area (Å²) in [6.45, 7) is 5.91. The van der Waals surface area contributed by atoms with Crippen molar-refractivity contribution in [1.29, 1.82) is 0 Å².